The summed E-state index contributed by atoms with van der Waals surface area (Å²) in [5, 5.41) is 2.20. The number of hydrogen-bond acceptors (Lipinski definition) is 7. The van der Waals surface area contributed by atoms with E-state index < -0.39 is 76.0 Å². The maximum atomic E-state index is 15.5. The molecule has 11 nitrogen and oxygen atoms in total. The zero-order valence-corrected chi connectivity index (χ0v) is 24.9. The minimum atomic E-state index is -5.09. The van der Waals surface area contributed by atoms with Gasteiger partial charge in [-0.05, 0) is 42.8 Å². The molecule has 2 aromatic heterocycles. The fraction of sp³-hybridized carbons (Fsp3) is 0.267. The van der Waals surface area contributed by atoms with E-state index in [1.165, 1.54) is 4.90 Å². The number of hydrogen-bond donors (Lipinski definition) is 2. The smallest absolute Gasteiger partial charge is 0.420 e. The van der Waals surface area contributed by atoms with Gasteiger partial charge >= 0.3 is 12.8 Å². The molecular weight excluding hydrogens is 657 g/mol. The van der Waals surface area contributed by atoms with Crippen molar-refractivity contribution in [1.82, 2.24) is 14.3 Å². The van der Waals surface area contributed by atoms with Gasteiger partial charge in [0, 0.05) is 37.8 Å². The number of ether oxygens (including phenoxy) is 2. The van der Waals surface area contributed by atoms with Gasteiger partial charge in [-0.1, -0.05) is 0 Å². The molecule has 3 heterocycles. The molecule has 18 heteroatoms. The Bertz CT molecular complexity index is 1920. The summed E-state index contributed by atoms with van der Waals surface area (Å²) in [7, 11) is 2.16. The molecule has 5 rings (SSSR count). The normalized spacial score (nSPS) is 14.8. The number of carbonyl (C=O) groups is 2. The molecule has 1 fully saturated rings. The molecule has 4 aromatic rings. The molecule has 0 aliphatic carbocycles. The van der Waals surface area contributed by atoms with E-state index in [4.69, 9.17) is 10.5 Å². The number of amides is 2. The van der Waals surface area contributed by atoms with Gasteiger partial charge in [0.25, 0.3) is 11.5 Å². The van der Waals surface area contributed by atoms with Crippen LogP contribution in [0.4, 0.5) is 42.2 Å². The van der Waals surface area contributed by atoms with Crippen LogP contribution in [0.15, 0.2) is 53.3 Å². The largest absolute Gasteiger partial charge is 0.497 e. The summed E-state index contributed by atoms with van der Waals surface area (Å²) in [5.74, 6) is -6.53. The van der Waals surface area contributed by atoms with Crippen molar-refractivity contribution in [2.45, 2.75) is 19.2 Å². The van der Waals surface area contributed by atoms with Crippen LogP contribution >= 0.6 is 0 Å². The lowest BCUT2D eigenvalue weighted by atomic mass is 10.1. The number of alkyl halides is 5. The van der Waals surface area contributed by atoms with E-state index in [1.54, 1.807) is 0 Å². The number of nitrogens with zero attached hydrogens (tertiary/aromatic N) is 4. The van der Waals surface area contributed by atoms with Crippen molar-refractivity contribution in [1.29, 1.82) is 0 Å². The van der Waals surface area contributed by atoms with E-state index in [9.17, 15) is 36.3 Å². The van der Waals surface area contributed by atoms with Gasteiger partial charge in [0.15, 0.2) is 5.82 Å². The van der Waals surface area contributed by atoms with Crippen molar-refractivity contribution >= 4 is 23.3 Å². The summed E-state index contributed by atoms with van der Waals surface area (Å²) in [4.78, 5) is 44.5. The van der Waals surface area contributed by atoms with Crippen molar-refractivity contribution in [3.05, 3.63) is 81.6 Å². The third-order valence-electron chi connectivity index (χ3n) is 7.62. The summed E-state index contributed by atoms with van der Waals surface area (Å²) in [5.41, 5.74) is -0.0463. The van der Waals surface area contributed by atoms with Gasteiger partial charge in [-0.25, -0.2) is 13.8 Å². The van der Waals surface area contributed by atoms with E-state index in [-0.39, 0.29) is 36.0 Å². The Morgan fingerprint density at radius 3 is 2.23 bits per heavy atom. The molecule has 1 unspecified atom stereocenters. The number of aromatic nitrogens is 3. The van der Waals surface area contributed by atoms with Gasteiger partial charge in [0.1, 0.15) is 45.9 Å². The zero-order chi connectivity index (χ0) is 35.1. The Labute approximate surface area is 266 Å². The third-order valence-corrected chi connectivity index (χ3v) is 7.62. The van der Waals surface area contributed by atoms with E-state index in [0.717, 1.165) is 56.6 Å². The first-order valence-corrected chi connectivity index (χ1v) is 13.9. The number of rotatable bonds is 9. The number of pyridine rings is 1. The predicted molar refractivity (Wildman–Crippen MR) is 156 cm³/mol. The van der Waals surface area contributed by atoms with E-state index >= 15 is 8.78 Å². The predicted octanol–water partition coefficient (Wildman–Crippen LogP) is 4.71. The molecule has 254 valence electrons. The number of nitrogens with one attached hydrogen (secondary N) is 1. The van der Waals surface area contributed by atoms with Gasteiger partial charge in [-0.3, -0.25) is 19.1 Å². The van der Waals surface area contributed by atoms with Gasteiger partial charge in [-0.2, -0.15) is 26.6 Å². The molecule has 48 heavy (non-hydrogen) atoms. The van der Waals surface area contributed by atoms with Crippen LogP contribution in [0.2, 0.25) is 0 Å². The summed E-state index contributed by atoms with van der Waals surface area (Å²) in [6, 6.07) is 7.34. The zero-order valence-electron chi connectivity index (χ0n) is 24.9. The number of anilines is 2. The van der Waals surface area contributed by atoms with Gasteiger partial charge < -0.3 is 25.4 Å². The van der Waals surface area contributed by atoms with Crippen molar-refractivity contribution in [2.75, 3.05) is 30.4 Å². The quantitative estimate of drug-likeness (QED) is 0.245. The van der Waals surface area contributed by atoms with Crippen LogP contribution < -0.4 is 31.0 Å². The van der Waals surface area contributed by atoms with Gasteiger partial charge in [0.05, 0.1) is 18.6 Å². The molecule has 1 aliphatic heterocycles. The van der Waals surface area contributed by atoms with Crippen LogP contribution in [0.3, 0.4) is 0 Å². The molecule has 2 aromatic carbocycles. The van der Waals surface area contributed by atoms with Crippen LogP contribution in [0, 0.1) is 17.6 Å². The molecule has 0 spiro atoms. The maximum Gasteiger partial charge on any atom is 0.420 e. The molecule has 1 atom stereocenters. The molecular formula is C30H25F7N6O5. The van der Waals surface area contributed by atoms with Crippen LogP contribution in [-0.4, -0.2) is 53.0 Å². The number of halogens is 7. The Hall–Kier alpha value is -5.55. The number of primary amides is 1. The molecule has 0 radical (unpaired) electrons. The molecule has 0 saturated carbocycles. The molecule has 1 saturated heterocycles. The SMILES string of the molecule is COc1cc(F)c(-c2c(NC(=O)c3ccc(OC(F)F)cc3)c(=O)n(-c3nc(N4CCC(C(N)=O)C4)ccc3C(F)(F)F)n2C)c(F)c1. The first-order valence-electron chi connectivity index (χ1n) is 13.9. The lowest BCUT2D eigenvalue weighted by Crippen LogP contribution is -2.29. The van der Waals surface area contributed by atoms with Gasteiger partial charge in [-0.15, -0.1) is 0 Å². The van der Waals surface area contributed by atoms with Crippen LogP contribution in [0.1, 0.15) is 22.3 Å². The second-order valence-electron chi connectivity index (χ2n) is 10.6. The monoisotopic (exact) mass is 682 g/mol. The summed E-state index contributed by atoms with van der Waals surface area (Å²) in [6.07, 6.45) is -4.80. The average molecular weight is 683 g/mol. The van der Waals surface area contributed by atoms with Crippen molar-refractivity contribution in [2.24, 2.45) is 18.7 Å². The van der Waals surface area contributed by atoms with E-state index in [2.05, 4.69) is 15.0 Å². The number of methoxy groups -OCH3 is 1. The maximum absolute atomic E-state index is 15.5. The second-order valence-corrected chi connectivity index (χ2v) is 10.6. The summed E-state index contributed by atoms with van der Waals surface area (Å²) in [6.45, 7) is -2.93. The van der Waals surface area contributed by atoms with Crippen molar-refractivity contribution in [3.8, 4) is 28.6 Å². The third kappa shape index (κ3) is 6.50. The van der Waals surface area contributed by atoms with E-state index in [0.29, 0.717) is 21.9 Å². The number of benzene rings is 2. The Morgan fingerprint density at radius 2 is 1.69 bits per heavy atom. The highest BCUT2D eigenvalue weighted by Gasteiger charge is 2.38. The molecule has 1 aliphatic rings. The molecule has 3 N–H and O–H groups in total. The highest BCUT2D eigenvalue weighted by molar-refractivity contribution is 6.06. The van der Waals surface area contributed by atoms with Crippen LogP contribution in [0.5, 0.6) is 11.5 Å². The second kappa shape index (κ2) is 12.9. The number of nitrogens with two attached hydrogens (primary N) is 1. The average Bonchev–Trinajstić information content (AvgIpc) is 3.60. The van der Waals surface area contributed by atoms with Crippen LogP contribution in [0.25, 0.3) is 17.1 Å². The fourth-order valence-corrected chi connectivity index (χ4v) is 5.31. The molecule has 2 amide bonds. The van der Waals surface area contributed by atoms with Crippen LogP contribution in [-0.2, 0) is 18.0 Å². The Morgan fingerprint density at radius 1 is 1.04 bits per heavy atom. The number of carbonyl (C=O) groups excluding carboxylic acids is 2. The standard InChI is InChI=1S/C30H25F7N6O5/c1-41-24(22-19(31)11-17(47-2)12-20(22)32)23(40-27(45)14-3-5-16(6-4-14)48-29(33)34)28(46)43(41)26-18(30(35,36)37)7-8-21(39-26)42-10-9-15(13-42)25(38)44/h3-8,11-12,15,29H,9-10,13H2,1-2H3,(H2,38,44)(H,40,45). The molecule has 0 bridgehead atoms. The summed E-state index contributed by atoms with van der Waals surface area (Å²) < 4.78 is 109. The fourth-order valence-electron chi connectivity index (χ4n) is 5.31. The Balaban J connectivity index is 1.71. The lowest BCUT2D eigenvalue weighted by Gasteiger charge is -2.21. The highest BCUT2D eigenvalue weighted by atomic mass is 19.4. The highest BCUT2D eigenvalue weighted by Crippen LogP contribution is 2.38. The first kappa shape index (κ1) is 33.8. The topological polar surface area (TPSA) is 134 Å². The Kier molecular flexibility index (Phi) is 9.10. The minimum absolute atomic E-state index is 0.0329. The van der Waals surface area contributed by atoms with Gasteiger partial charge in [0.2, 0.25) is 5.91 Å². The van der Waals surface area contributed by atoms with Crippen molar-refractivity contribution in [3.63, 3.8) is 0 Å². The first-order chi connectivity index (χ1) is 22.6. The van der Waals surface area contributed by atoms with E-state index in [1.807, 2.05) is 0 Å². The summed E-state index contributed by atoms with van der Waals surface area (Å²) >= 11 is 0. The lowest BCUT2D eigenvalue weighted by molar-refractivity contribution is -0.137. The minimum Gasteiger partial charge on any atom is -0.497 e. The van der Waals surface area contributed by atoms with Crippen molar-refractivity contribution < 1.29 is 49.8 Å².